The fourth-order valence-electron chi connectivity index (χ4n) is 4.66. The van der Waals surface area contributed by atoms with Crippen molar-refractivity contribution in [2.75, 3.05) is 4.90 Å². The Bertz CT molecular complexity index is 1300. The molecule has 0 aliphatic rings. The molecule has 180 valence electrons. The number of phenolic OH excluding ortho intramolecular Hbond substituents is 3. The van der Waals surface area contributed by atoms with Crippen LogP contribution < -0.4 is 9.64 Å². The molecule has 5 nitrogen and oxygen atoms in total. The van der Waals surface area contributed by atoms with E-state index in [1.807, 2.05) is 77.9 Å². The fourth-order valence-corrected chi connectivity index (χ4v) is 4.66. The van der Waals surface area contributed by atoms with Gasteiger partial charge >= 0.3 is 0 Å². The van der Waals surface area contributed by atoms with E-state index in [9.17, 15) is 15.3 Å². The molecule has 0 aliphatic heterocycles. The summed E-state index contributed by atoms with van der Waals surface area (Å²) in [7, 11) is 0. The lowest BCUT2D eigenvalue weighted by Crippen LogP contribution is -2.15. The molecule has 0 unspecified atom stereocenters. The van der Waals surface area contributed by atoms with Gasteiger partial charge in [0.05, 0.1) is 11.4 Å². The van der Waals surface area contributed by atoms with Crippen LogP contribution in [0.5, 0.6) is 28.7 Å². The van der Waals surface area contributed by atoms with E-state index in [4.69, 9.17) is 4.74 Å². The molecule has 0 aromatic heterocycles. The average molecular weight is 470 g/mol. The van der Waals surface area contributed by atoms with Gasteiger partial charge in [0.15, 0.2) is 0 Å². The quantitative estimate of drug-likeness (QED) is 0.277. The van der Waals surface area contributed by atoms with Crippen LogP contribution >= 0.6 is 0 Å². The molecule has 0 fully saturated rings. The topological polar surface area (TPSA) is 73.2 Å². The summed E-state index contributed by atoms with van der Waals surface area (Å²) < 4.78 is 6.07. The molecular weight excluding hydrogens is 438 g/mol. The van der Waals surface area contributed by atoms with Gasteiger partial charge in [-0.2, -0.15) is 0 Å². The van der Waals surface area contributed by atoms with E-state index in [1.165, 1.54) is 0 Å². The second-order valence-corrected chi connectivity index (χ2v) is 9.14. The Morgan fingerprint density at radius 3 is 1.49 bits per heavy atom. The van der Waals surface area contributed by atoms with E-state index >= 15 is 0 Å². The highest BCUT2D eigenvalue weighted by Gasteiger charge is 2.22. The minimum absolute atomic E-state index is 0.225. The molecule has 0 amide bonds. The van der Waals surface area contributed by atoms with Crippen LogP contribution in [0, 0.1) is 41.5 Å². The molecule has 0 aliphatic carbocycles. The fraction of sp³-hybridized carbons (Fsp3) is 0.200. The van der Waals surface area contributed by atoms with E-state index in [0.717, 1.165) is 44.9 Å². The van der Waals surface area contributed by atoms with Crippen LogP contribution in [0.4, 0.5) is 17.1 Å². The SMILES string of the molecule is Cc1ccc(Oc2ccc(N(c3c(C)cc(O)cc3C)c3c(C)cc(O)cc3C)cc2)c(C)c1O. The lowest BCUT2D eigenvalue weighted by molar-refractivity contribution is 0.445. The maximum absolute atomic E-state index is 10.3. The minimum atomic E-state index is 0.225. The van der Waals surface area contributed by atoms with Crippen molar-refractivity contribution in [1.29, 1.82) is 0 Å². The molecule has 0 saturated heterocycles. The first-order valence-electron chi connectivity index (χ1n) is 11.5. The van der Waals surface area contributed by atoms with Gasteiger partial charge in [-0.1, -0.05) is 6.07 Å². The van der Waals surface area contributed by atoms with Crippen LogP contribution in [0.1, 0.15) is 33.4 Å². The highest BCUT2D eigenvalue weighted by atomic mass is 16.5. The molecule has 3 N–H and O–H groups in total. The van der Waals surface area contributed by atoms with Crippen LogP contribution in [-0.4, -0.2) is 15.3 Å². The summed E-state index contributed by atoms with van der Waals surface area (Å²) in [6, 6.07) is 18.5. The Kier molecular flexibility index (Phi) is 6.35. The minimum Gasteiger partial charge on any atom is -0.508 e. The van der Waals surface area contributed by atoms with Crippen molar-refractivity contribution in [3.8, 4) is 28.7 Å². The summed E-state index contributed by atoms with van der Waals surface area (Å²) in [6.07, 6.45) is 0. The molecule has 4 aromatic carbocycles. The Labute approximate surface area is 206 Å². The number of phenols is 3. The maximum atomic E-state index is 10.3. The second kappa shape index (κ2) is 9.26. The van der Waals surface area contributed by atoms with Crippen LogP contribution in [0.2, 0.25) is 0 Å². The first-order chi connectivity index (χ1) is 16.6. The molecule has 35 heavy (non-hydrogen) atoms. The number of hydrogen-bond acceptors (Lipinski definition) is 5. The lowest BCUT2D eigenvalue weighted by Gasteiger charge is -2.31. The zero-order valence-electron chi connectivity index (χ0n) is 21.0. The third kappa shape index (κ3) is 4.62. The highest BCUT2D eigenvalue weighted by Crippen LogP contribution is 2.44. The van der Waals surface area contributed by atoms with Gasteiger partial charge in [-0.15, -0.1) is 0 Å². The largest absolute Gasteiger partial charge is 0.508 e. The summed E-state index contributed by atoms with van der Waals surface area (Å²) >= 11 is 0. The van der Waals surface area contributed by atoms with Crippen molar-refractivity contribution in [1.82, 2.24) is 0 Å². The summed E-state index contributed by atoms with van der Waals surface area (Å²) in [5, 5.41) is 30.5. The van der Waals surface area contributed by atoms with Gasteiger partial charge in [-0.05, 0) is 124 Å². The Morgan fingerprint density at radius 1 is 0.571 bits per heavy atom. The third-order valence-electron chi connectivity index (χ3n) is 6.30. The monoisotopic (exact) mass is 469 g/mol. The van der Waals surface area contributed by atoms with Gasteiger partial charge < -0.3 is 25.0 Å². The number of ether oxygens (including phenoxy) is 1. The highest BCUT2D eigenvalue weighted by molar-refractivity contribution is 5.84. The number of hydrogen-bond donors (Lipinski definition) is 3. The number of aryl methyl sites for hydroxylation is 5. The van der Waals surface area contributed by atoms with Crippen molar-refractivity contribution in [2.24, 2.45) is 0 Å². The zero-order valence-corrected chi connectivity index (χ0v) is 21.0. The van der Waals surface area contributed by atoms with Crippen molar-refractivity contribution >= 4 is 17.1 Å². The third-order valence-corrected chi connectivity index (χ3v) is 6.30. The number of anilines is 3. The molecule has 4 rings (SSSR count). The van der Waals surface area contributed by atoms with Crippen molar-refractivity contribution in [2.45, 2.75) is 41.5 Å². The maximum Gasteiger partial charge on any atom is 0.134 e. The number of benzene rings is 4. The summed E-state index contributed by atoms with van der Waals surface area (Å²) in [5.41, 5.74) is 8.07. The first-order valence-corrected chi connectivity index (χ1v) is 11.5. The van der Waals surface area contributed by atoms with Gasteiger partial charge in [-0.3, -0.25) is 0 Å². The predicted octanol–water partition coefficient (Wildman–Crippen LogP) is 7.92. The van der Waals surface area contributed by atoms with Crippen LogP contribution in [0.15, 0.2) is 60.7 Å². The molecule has 4 aromatic rings. The summed E-state index contributed by atoms with van der Waals surface area (Å²) in [6.45, 7) is 11.6. The molecule has 0 saturated carbocycles. The smallest absolute Gasteiger partial charge is 0.134 e. The molecule has 0 heterocycles. The second-order valence-electron chi connectivity index (χ2n) is 9.14. The van der Waals surface area contributed by atoms with E-state index in [1.54, 1.807) is 24.3 Å². The lowest BCUT2D eigenvalue weighted by atomic mass is 10.0. The van der Waals surface area contributed by atoms with E-state index in [-0.39, 0.29) is 17.2 Å². The zero-order chi connectivity index (χ0) is 25.4. The first kappa shape index (κ1) is 24.0. The van der Waals surface area contributed by atoms with Gasteiger partial charge in [0.25, 0.3) is 0 Å². The molecule has 5 heteroatoms. The molecule has 0 radical (unpaired) electrons. The van der Waals surface area contributed by atoms with Gasteiger partial charge in [0.2, 0.25) is 0 Å². The predicted molar refractivity (Wildman–Crippen MR) is 141 cm³/mol. The molecular formula is C30H31NO4. The molecule has 0 spiro atoms. The van der Waals surface area contributed by atoms with Crippen LogP contribution in [0.3, 0.4) is 0 Å². The van der Waals surface area contributed by atoms with E-state index in [0.29, 0.717) is 17.1 Å². The van der Waals surface area contributed by atoms with Crippen molar-refractivity contribution < 1.29 is 20.1 Å². The van der Waals surface area contributed by atoms with E-state index in [2.05, 4.69) is 4.90 Å². The van der Waals surface area contributed by atoms with Gasteiger partial charge in [-0.25, -0.2) is 0 Å². The van der Waals surface area contributed by atoms with Crippen molar-refractivity contribution in [3.05, 3.63) is 94.0 Å². The normalized spacial score (nSPS) is 10.9. The average Bonchev–Trinajstić information content (AvgIpc) is 2.78. The van der Waals surface area contributed by atoms with E-state index < -0.39 is 0 Å². The number of rotatable bonds is 5. The summed E-state index contributed by atoms with van der Waals surface area (Å²) in [5.74, 6) is 1.94. The molecule has 0 atom stereocenters. The van der Waals surface area contributed by atoms with Crippen LogP contribution in [0.25, 0.3) is 0 Å². The molecule has 0 bridgehead atoms. The summed E-state index contributed by atoms with van der Waals surface area (Å²) in [4.78, 5) is 2.15. The van der Waals surface area contributed by atoms with Crippen LogP contribution in [-0.2, 0) is 0 Å². The Morgan fingerprint density at radius 2 is 1.03 bits per heavy atom. The number of aromatic hydroxyl groups is 3. The number of nitrogens with zero attached hydrogens (tertiary/aromatic N) is 1. The Hall–Kier alpha value is -4.12. The van der Waals surface area contributed by atoms with Crippen molar-refractivity contribution in [3.63, 3.8) is 0 Å². The Balaban J connectivity index is 1.82. The van der Waals surface area contributed by atoms with Gasteiger partial charge in [0.1, 0.15) is 28.7 Å². The standard InChI is InChI=1S/C30H31NO4/c1-17-7-12-27(22(6)30(17)34)35-26-10-8-23(9-11-26)31(28-18(2)13-24(32)14-19(28)3)29-20(4)15-25(33)16-21(29)5/h7-16,32-34H,1-6H3. The van der Waals surface area contributed by atoms with Gasteiger partial charge in [0, 0.05) is 11.3 Å².